The molecular weight excluding hydrogens is 128 g/mol. The van der Waals surface area contributed by atoms with Gasteiger partial charge in [-0.15, -0.1) is 0 Å². The van der Waals surface area contributed by atoms with E-state index in [1.54, 1.807) is 6.92 Å². The Hall–Kier alpha value is -0.630. The molecule has 0 aliphatic carbocycles. The average molecular weight is 133 g/mol. The standard InChI is InChI=1S/C5H5ClO2/c1-2-3-4(7)5(6)8/h2-3H,1H3/b3-2+. The van der Waals surface area contributed by atoms with Crippen molar-refractivity contribution in [3.8, 4) is 0 Å². The van der Waals surface area contributed by atoms with Gasteiger partial charge in [0.15, 0.2) is 0 Å². The fourth-order valence-corrected chi connectivity index (χ4v) is 0.280. The van der Waals surface area contributed by atoms with Gasteiger partial charge >= 0.3 is 0 Å². The van der Waals surface area contributed by atoms with E-state index in [0.717, 1.165) is 6.08 Å². The summed E-state index contributed by atoms with van der Waals surface area (Å²) >= 11 is 4.77. The number of ketones is 1. The van der Waals surface area contributed by atoms with Crippen LogP contribution in [-0.4, -0.2) is 11.0 Å². The Kier molecular flexibility index (Phi) is 3.12. The highest BCUT2D eigenvalue weighted by molar-refractivity contribution is 6.82. The molecule has 0 aliphatic rings. The van der Waals surface area contributed by atoms with Gasteiger partial charge in [0.1, 0.15) is 0 Å². The summed E-state index contributed by atoms with van der Waals surface area (Å²) in [5.74, 6) is -0.672. The lowest BCUT2D eigenvalue weighted by atomic mass is 10.4. The molecule has 0 aromatic carbocycles. The molecule has 44 valence electrons. The number of hydrogen-bond donors (Lipinski definition) is 0. The number of carbonyl (C=O) groups excluding carboxylic acids is 2. The van der Waals surface area contributed by atoms with Crippen LogP contribution < -0.4 is 0 Å². The van der Waals surface area contributed by atoms with Crippen molar-refractivity contribution in [3.05, 3.63) is 12.2 Å². The van der Waals surface area contributed by atoms with E-state index in [4.69, 9.17) is 11.6 Å². The lowest BCUT2D eigenvalue weighted by molar-refractivity contribution is -0.129. The first kappa shape index (κ1) is 7.37. The average Bonchev–Trinajstić information content (AvgIpc) is 1.67. The molecule has 0 unspecified atom stereocenters. The van der Waals surface area contributed by atoms with Crippen molar-refractivity contribution in [1.82, 2.24) is 0 Å². The van der Waals surface area contributed by atoms with Crippen molar-refractivity contribution >= 4 is 22.6 Å². The third kappa shape index (κ3) is 2.53. The Morgan fingerprint density at radius 3 is 2.12 bits per heavy atom. The van der Waals surface area contributed by atoms with Crippen molar-refractivity contribution in [3.63, 3.8) is 0 Å². The number of carbonyl (C=O) groups is 2. The fraction of sp³-hybridized carbons (Fsp3) is 0.200. The molecule has 0 N–H and O–H groups in total. The van der Waals surface area contributed by atoms with Gasteiger partial charge in [-0.3, -0.25) is 9.59 Å². The van der Waals surface area contributed by atoms with Crippen molar-refractivity contribution in [2.75, 3.05) is 0 Å². The molecule has 8 heavy (non-hydrogen) atoms. The summed E-state index contributed by atoms with van der Waals surface area (Å²) in [4.78, 5) is 20.1. The van der Waals surface area contributed by atoms with Gasteiger partial charge in [-0.2, -0.15) is 0 Å². The Labute approximate surface area is 52.1 Å². The maximum atomic E-state index is 10.2. The molecule has 0 aliphatic heterocycles. The molecule has 0 amide bonds. The predicted octanol–water partition coefficient (Wildman–Crippen LogP) is 0.897. The number of rotatable bonds is 2. The van der Waals surface area contributed by atoms with Gasteiger partial charge in [-0.25, -0.2) is 0 Å². The summed E-state index contributed by atoms with van der Waals surface area (Å²) in [7, 11) is 0. The van der Waals surface area contributed by atoms with Crippen LogP contribution in [0.3, 0.4) is 0 Å². The summed E-state index contributed by atoms with van der Waals surface area (Å²) in [5, 5.41) is -0.942. The fourth-order valence-electron chi connectivity index (χ4n) is 0.217. The third-order valence-corrected chi connectivity index (χ3v) is 0.698. The van der Waals surface area contributed by atoms with Crippen molar-refractivity contribution < 1.29 is 9.59 Å². The maximum Gasteiger partial charge on any atom is 0.292 e. The Morgan fingerprint density at radius 1 is 1.50 bits per heavy atom. The molecule has 0 saturated heterocycles. The second-order valence-electron chi connectivity index (χ2n) is 1.14. The summed E-state index contributed by atoms with van der Waals surface area (Å²) in [5.41, 5.74) is 0. The predicted molar refractivity (Wildman–Crippen MR) is 30.7 cm³/mol. The van der Waals surface area contributed by atoms with E-state index in [9.17, 15) is 9.59 Å². The number of halogens is 1. The number of hydrogen-bond acceptors (Lipinski definition) is 2. The molecule has 0 bridgehead atoms. The largest absolute Gasteiger partial charge is 0.292 e. The molecule has 0 spiro atoms. The van der Waals surface area contributed by atoms with Gasteiger partial charge in [0.2, 0.25) is 5.78 Å². The normalized spacial score (nSPS) is 9.75. The zero-order chi connectivity index (χ0) is 6.57. The monoisotopic (exact) mass is 132 g/mol. The minimum Gasteiger partial charge on any atom is -0.285 e. The van der Waals surface area contributed by atoms with Crippen LogP contribution in [0.4, 0.5) is 0 Å². The summed E-state index contributed by atoms with van der Waals surface area (Å²) < 4.78 is 0. The molecular formula is C5H5ClO2. The van der Waals surface area contributed by atoms with Gasteiger partial charge in [0, 0.05) is 0 Å². The topological polar surface area (TPSA) is 34.1 Å². The first-order valence-electron chi connectivity index (χ1n) is 2.05. The second-order valence-corrected chi connectivity index (χ2v) is 1.48. The zero-order valence-electron chi connectivity index (χ0n) is 4.35. The summed E-state index contributed by atoms with van der Waals surface area (Å²) in [6.07, 6.45) is 2.58. The molecule has 2 nitrogen and oxygen atoms in total. The van der Waals surface area contributed by atoms with E-state index in [1.165, 1.54) is 6.08 Å². The Balaban J connectivity index is 3.85. The van der Waals surface area contributed by atoms with Crippen LogP contribution in [0.5, 0.6) is 0 Å². The highest BCUT2D eigenvalue weighted by Gasteiger charge is 2.02. The zero-order valence-corrected chi connectivity index (χ0v) is 5.11. The van der Waals surface area contributed by atoms with E-state index in [0.29, 0.717) is 0 Å². The quantitative estimate of drug-likeness (QED) is 0.318. The van der Waals surface area contributed by atoms with Crippen LogP contribution in [0.25, 0.3) is 0 Å². The van der Waals surface area contributed by atoms with Gasteiger partial charge in [-0.05, 0) is 24.6 Å². The van der Waals surface area contributed by atoms with Crippen molar-refractivity contribution in [2.24, 2.45) is 0 Å². The molecule has 3 heteroatoms. The van der Waals surface area contributed by atoms with Crippen molar-refractivity contribution in [2.45, 2.75) is 6.92 Å². The first-order chi connectivity index (χ1) is 3.68. The lowest BCUT2D eigenvalue weighted by Gasteiger charge is -1.76. The second kappa shape index (κ2) is 3.38. The minimum atomic E-state index is -0.942. The van der Waals surface area contributed by atoms with Crippen LogP contribution in [0.2, 0.25) is 0 Å². The lowest BCUT2D eigenvalue weighted by Crippen LogP contribution is -2.00. The van der Waals surface area contributed by atoms with E-state index < -0.39 is 11.0 Å². The molecule has 0 radical (unpaired) electrons. The smallest absolute Gasteiger partial charge is 0.285 e. The summed E-state index contributed by atoms with van der Waals surface area (Å²) in [6.45, 7) is 1.64. The minimum absolute atomic E-state index is 0.672. The van der Waals surface area contributed by atoms with Crippen LogP contribution in [0.1, 0.15) is 6.92 Å². The molecule has 0 fully saturated rings. The molecule has 0 saturated carbocycles. The van der Waals surface area contributed by atoms with Crippen LogP contribution in [0, 0.1) is 0 Å². The van der Waals surface area contributed by atoms with Gasteiger partial charge in [0.25, 0.3) is 5.24 Å². The van der Waals surface area contributed by atoms with Crippen LogP contribution >= 0.6 is 11.6 Å². The highest BCUT2D eigenvalue weighted by Crippen LogP contribution is 1.83. The molecule has 0 heterocycles. The van der Waals surface area contributed by atoms with Crippen LogP contribution in [-0.2, 0) is 9.59 Å². The van der Waals surface area contributed by atoms with E-state index in [2.05, 4.69) is 0 Å². The van der Waals surface area contributed by atoms with Crippen molar-refractivity contribution in [1.29, 1.82) is 0 Å². The Morgan fingerprint density at radius 2 is 2.00 bits per heavy atom. The van der Waals surface area contributed by atoms with E-state index in [1.807, 2.05) is 0 Å². The highest BCUT2D eigenvalue weighted by atomic mass is 35.5. The first-order valence-corrected chi connectivity index (χ1v) is 2.42. The Bertz CT molecular complexity index is 137. The SMILES string of the molecule is C/C=C/C(=O)C(=O)Cl. The van der Waals surface area contributed by atoms with Crippen LogP contribution in [0.15, 0.2) is 12.2 Å². The summed E-state index contributed by atoms with van der Waals surface area (Å²) in [6, 6.07) is 0. The van der Waals surface area contributed by atoms with E-state index >= 15 is 0 Å². The van der Waals surface area contributed by atoms with E-state index in [-0.39, 0.29) is 0 Å². The number of allylic oxidation sites excluding steroid dienone is 2. The molecule has 0 aromatic heterocycles. The van der Waals surface area contributed by atoms with Gasteiger partial charge in [-0.1, -0.05) is 6.08 Å². The molecule has 0 atom stereocenters. The van der Waals surface area contributed by atoms with Gasteiger partial charge in [0.05, 0.1) is 0 Å². The molecule has 0 aromatic rings. The maximum absolute atomic E-state index is 10.2. The third-order valence-electron chi connectivity index (χ3n) is 0.512. The molecule has 0 rings (SSSR count). The van der Waals surface area contributed by atoms with Gasteiger partial charge < -0.3 is 0 Å².